The molecule has 0 saturated heterocycles. The van der Waals surface area contributed by atoms with Gasteiger partial charge in [0.15, 0.2) is 0 Å². The van der Waals surface area contributed by atoms with Crippen molar-refractivity contribution in [3.8, 4) is 0 Å². The molecule has 0 saturated carbocycles. The van der Waals surface area contributed by atoms with Crippen LogP contribution in [-0.2, 0) is 0 Å². The molecule has 0 aliphatic rings. The summed E-state index contributed by atoms with van der Waals surface area (Å²) in [4.78, 5) is 0. The van der Waals surface area contributed by atoms with Crippen LogP contribution < -0.4 is 5.32 Å². The Balaban J connectivity index is 2.61. The van der Waals surface area contributed by atoms with E-state index in [4.69, 9.17) is 0 Å². The predicted octanol–water partition coefficient (Wildman–Crippen LogP) is 4.12. The first kappa shape index (κ1) is 14.0. The van der Waals surface area contributed by atoms with Crippen molar-refractivity contribution >= 4 is 0 Å². The molecule has 1 unspecified atom stereocenters. The monoisotopic (exact) mass is 231 g/mol. The fourth-order valence-corrected chi connectivity index (χ4v) is 1.91. The first-order valence-corrected chi connectivity index (χ1v) is 6.52. The molecule has 0 radical (unpaired) electrons. The molecule has 0 fully saturated rings. The van der Waals surface area contributed by atoms with E-state index in [1.165, 1.54) is 17.6 Å². The summed E-state index contributed by atoms with van der Waals surface area (Å²) in [5, 5.41) is 3.54. The van der Waals surface area contributed by atoms with Crippen LogP contribution in [0.3, 0.4) is 0 Å². The topological polar surface area (TPSA) is 12.0 Å². The van der Waals surface area contributed by atoms with Crippen LogP contribution in [0.2, 0.25) is 0 Å². The molecule has 1 atom stereocenters. The molecule has 0 aliphatic carbocycles. The van der Waals surface area contributed by atoms with Crippen molar-refractivity contribution in [3.05, 3.63) is 48.0 Å². The summed E-state index contributed by atoms with van der Waals surface area (Å²) in [5.74, 6) is 0.593. The summed E-state index contributed by atoms with van der Waals surface area (Å²) >= 11 is 0. The Labute approximate surface area is 106 Å². The van der Waals surface area contributed by atoms with Gasteiger partial charge in [0, 0.05) is 12.6 Å². The molecule has 0 bridgehead atoms. The molecule has 0 amide bonds. The van der Waals surface area contributed by atoms with E-state index in [1.54, 1.807) is 0 Å². The first-order valence-electron chi connectivity index (χ1n) is 6.52. The van der Waals surface area contributed by atoms with Crippen molar-refractivity contribution in [2.75, 3.05) is 6.54 Å². The zero-order valence-electron chi connectivity index (χ0n) is 11.4. The molecular formula is C16H25N. The lowest BCUT2D eigenvalue weighted by atomic mass is 9.92. The highest BCUT2D eigenvalue weighted by Gasteiger charge is 2.11. The quantitative estimate of drug-likeness (QED) is 0.696. The van der Waals surface area contributed by atoms with E-state index in [9.17, 15) is 0 Å². The van der Waals surface area contributed by atoms with Crippen molar-refractivity contribution < 1.29 is 0 Å². The number of hydrogen-bond donors (Lipinski definition) is 1. The van der Waals surface area contributed by atoms with Crippen molar-refractivity contribution in [1.82, 2.24) is 5.32 Å². The molecule has 1 nitrogen and oxygen atoms in total. The second kappa shape index (κ2) is 7.29. The normalized spacial score (nSPS) is 12.7. The Kier molecular flexibility index (Phi) is 5.99. The van der Waals surface area contributed by atoms with Gasteiger partial charge < -0.3 is 5.32 Å². The molecule has 0 heterocycles. The van der Waals surface area contributed by atoms with Crippen molar-refractivity contribution in [3.63, 3.8) is 0 Å². The second-order valence-electron chi connectivity index (χ2n) is 5.17. The molecule has 1 aromatic rings. The van der Waals surface area contributed by atoms with Gasteiger partial charge in [-0.2, -0.15) is 0 Å². The van der Waals surface area contributed by atoms with Gasteiger partial charge in [0.25, 0.3) is 0 Å². The molecule has 0 aliphatic heterocycles. The van der Waals surface area contributed by atoms with Gasteiger partial charge in [-0.1, -0.05) is 49.8 Å². The summed E-state index contributed by atoms with van der Waals surface area (Å²) in [7, 11) is 0. The van der Waals surface area contributed by atoms with E-state index in [0.717, 1.165) is 13.0 Å². The molecule has 1 aromatic carbocycles. The van der Waals surface area contributed by atoms with Crippen LogP contribution in [0.4, 0.5) is 0 Å². The number of nitrogens with one attached hydrogen (secondary N) is 1. The number of allylic oxidation sites excluding steroid dienone is 1. The predicted molar refractivity (Wildman–Crippen MR) is 76.4 cm³/mol. The van der Waals surface area contributed by atoms with Crippen LogP contribution in [0, 0.1) is 0 Å². The Morgan fingerprint density at radius 1 is 1.24 bits per heavy atom. The lowest BCUT2D eigenvalue weighted by Gasteiger charge is -2.19. The molecule has 1 rings (SSSR count). The van der Waals surface area contributed by atoms with Gasteiger partial charge in [0.05, 0.1) is 0 Å². The van der Waals surface area contributed by atoms with Gasteiger partial charge in [0.2, 0.25) is 0 Å². The van der Waals surface area contributed by atoms with E-state index in [2.05, 4.69) is 63.0 Å². The minimum absolute atomic E-state index is 0.547. The smallest absolute Gasteiger partial charge is 0.00226 e. The molecule has 94 valence electrons. The molecule has 1 N–H and O–H groups in total. The third-order valence-corrected chi connectivity index (χ3v) is 2.96. The van der Waals surface area contributed by atoms with Gasteiger partial charge in [-0.15, -0.1) is 6.58 Å². The Morgan fingerprint density at radius 2 is 1.88 bits per heavy atom. The van der Waals surface area contributed by atoms with E-state index in [1.807, 2.05) is 0 Å². The van der Waals surface area contributed by atoms with Gasteiger partial charge >= 0.3 is 0 Å². The Morgan fingerprint density at radius 3 is 2.41 bits per heavy atom. The van der Waals surface area contributed by atoms with Crippen LogP contribution in [0.15, 0.2) is 42.5 Å². The lowest BCUT2D eigenvalue weighted by molar-refractivity contribution is 0.508. The van der Waals surface area contributed by atoms with Crippen LogP contribution in [0.25, 0.3) is 0 Å². The minimum atomic E-state index is 0.547. The number of rotatable bonds is 7. The SMILES string of the molecule is C=C(C)CCC(CNC(C)C)c1ccccc1. The summed E-state index contributed by atoms with van der Waals surface area (Å²) in [6.45, 7) is 11.5. The summed E-state index contributed by atoms with van der Waals surface area (Å²) in [5.41, 5.74) is 2.71. The molecule has 0 spiro atoms. The fraction of sp³-hybridized carbons (Fsp3) is 0.500. The lowest BCUT2D eigenvalue weighted by Crippen LogP contribution is -2.28. The number of hydrogen-bond acceptors (Lipinski definition) is 1. The molecular weight excluding hydrogens is 206 g/mol. The van der Waals surface area contributed by atoms with Crippen LogP contribution in [0.1, 0.15) is 45.1 Å². The van der Waals surface area contributed by atoms with Gasteiger partial charge in [-0.25, -0.2) is 0 Å². The van der Waals surface area contributed by atoms with Crippen molar-refractivity contribution in [2.45, 2.75) is 45.6 Å². The minimum Gasteiger partial charge on any atom is -0.314 e. The van der Waals surface area contributed by atoms with Crippen molar-refractivity contribution in [2.24, 2.45) is 0 Å². The molecule has 17 heavy (non-hydrogen) atoms. The van der Waals surface area contributed by atoms with Crippen LogP contribution in [0.5, 0.6) is 0 Å². The zero-order chi connectivity index (χ0) is 12.7. The average Bonchev–Trinajstić information content (AvgIpc) is 2.29. The number of benzene rings is 1. The van der Waals surface area contributed by atoms with E-state index in [0.29, 0.717) is 12.0 Å². The van der Waals surface area contributed by atoms with E-state index in [-0.39, 0.29) is 0 Å². The van der Waals surface area contributed by atoms with Crippen LogP contribution >= 0.6 is 0 Å². The fourth-order valence-electron chi connectivity index (χ4n) is 1.91. The highest BCUT2D eigenvalue weighted by Crippen LogP contribution is 2.22. The van der Waals surface area contributed by atoms with Gasteiger partial charge in [-0.3, -0.25) is 0 Å². The molecule has 1 heteroatoms. The summed E-state index contributed by atoms with van der Waals surface area (Å²) < 4.78 is 0. The van der Waals surface area contributed by atoms with Gasteiger partial charge in [-0.05, 0) is 31.2 Å². The maximum Gasteiger partial charge on any atom is 0.00226 e. The van der Waals surface area contributed by atoms with Gasteiger partial charge in [0.1, 0.15) is 0 Å². The third kappa shape index (κ3) is 5.69. The molecule has 0 aromatic heterocycles. The maximum absolute atomic E-state index is 4.00. The standard InChI is InChI=1S/C16H25N/c1-13(2)10-11-16(12-17-14(3)4)15-8-6-5-7-9-15/h5-9,14,16-17H,1,10-12H2,2-4H3. The highest BCUT2D eigenvalue weighted by molar-refractivity contribution is 5.20. The second-order valence-corrected chi connectivity index (χ2v) is 5.17. The first-order chi connectivity index (χ1) is 8.09. The Hall–Kier alpha value is -1.08. The highest BCUT2D eigenvalue weighted by atomic mass is 14.9. The largest absolute Gasteiger partial charge is 0.314 e. The maximum atomic E-state index is 4.00. The summed E-state index contributed by atoms with van der Waals surface area (Å²) in [6.07, 6.45) is 2.29. The third-order valence-electron chi connectivity index (χ3n) is 2.96. The van der Waals surface area contributed by atoms with E-state index >= 15 is 0 Å². The van der Waals surface area contributed by atoms with Crippen molar-refractivity contribution in [1.29, 1.82) is 0 Å². The average molecular weight is 231 g/mol. The zero-order valence-corrected chi connectivity index (χ0v) is 11.4. The Bertz CT molecular complexity index is 327. The van der Waals surface area contributed by atoms with E-state index < -0.39 is 0 Å². The van der Waals surface area contributed by atoms with Crippen LogP contribution in [-0.4, -0.2) is 12.6 Å². The summed E-state index contributed by atoms with van der Waals surface area (Å²) in [6, 6.07) is 11.3.